The van der Waals surface area contributed by atoms with Crippen LogP contribution in [0.5, 0.6) is 11.5 Å². The fourth-order valence-corrected chi connectivity index (χ4v) is 4.13. The zero-order chi connectivity index (χ0) is 25.4. The molecule has 3 aromatic rings. The highest BCUT2D eigenvalue weighted by Gasteiger charge is 2.17. The Morgan fingerprint density at radius 3 is 2.57 bits per heavy atom. The number of aromatic nitrogens is 1. The lowest BCUT2D eigenvalue weighted by molar-refractivity contribution is -0.129. The molecule has 0 aliphatic carbocycles. The average Bonchev–Trinajstić information content (AvgIpc) is 2.87. The molecule has 0 unspecified atom stereocenters. The normalized spacial score (nSPS) is 10.7. The molecule has 2 aromatic carbocycles. The van der Waals surface area contributed by atoms with Gasteiger partial charge in [-0.15, -0.1) is 0 Å². The summed E-state index contributed by atoms with van der Waals surface area (Å²) in [6.45, 7) is 0.733. The van der Waals surface area contributed by atoms with Crippen molar-refractivity contribution in [3.63, 3.8) is 0 Å². The number of unbranched alkanes of at least 4 members (excludes halogenated alkanes) is 2. The predicted molar refractivity (Wildman–Crippen MR) is 135 cm³/mol. The van der Waals surface area contributed by atoms with Crippen LogP contribution in [0.25, 0.3) is 10.9 Å². The number of nitrogens with zero attached hydrogens (tertiary/aromatic N) is 1. The highest BCUT2D eigenvalue weighted by molar-refractivity contribution is 9.10. The molecule has 3 rings (SSSR count). The first-order valence-electron chi connectivity index (χ1n) is 11.1. The Bertz CT molecular complexity index is 1270. The third-order valence-electron chi connectivity index (χ3n) is 5.65. The molecule has 186 valence electrons. The van der Waals surface area contributed by atoms with Gasteiger partial charge in [-0.2, -0.15) is 0 Å². The van der Waals surface area contributed by atoms with Crippen molar-refractivity contribution >= 4 is 38.6 Å². The molecular formula is C25H28BrN3O6. The van der Waals surface area contributed by atoms with Crippen LogP contribution in [0, 0.1) is 0 Å². The lowest BCUT2D eigenvalue weighted by Gasteiger charge is -2.15. The summed E-state index contributed by atoms with van der Waals surface area (Å²) >= 11 is 3.45. The molecule has 35 heavy (non-hydrogen) atoms. The number of aryl methyl sites for hydroxylation is 1. The first-order chi connectivity index (χ1) is 16.9. The van der Waals surface area contributed by atoms with E-state index < -0.39 is 11.8 Å². The van der Waals surface area contributed by atoms with Crippen molar-refractivity contribution in [2.45, 2.75) is 38.8 Å². The number of hydrogen-bond acceptors (Lipinski definition) is 6. The van der Waals surface area contributed by atoms with Gasteiger partial charge in [-0.05, 0) is 43.2 Å². The Morgan fingerprint density at radius 2 is 1.86 bits per heavy atom. The van der Waals surface area contributed by atoms with Gasteiger partial charge in [-0.25, -0.2) is 5.48 Å². The van der Waals surface area contributed by atoms with E-state index in [1.807, 2.05) is 10.6 Å². The van der Waals surface area contributed by atoms with Gasteiger partial charge in [0.25, 0.3) is 5.91 Å². The van der Waals surface area contributed by atoms with E-state index >= 15 is 0 Å². The van der Waals surface area contributed by atoms with Crippen LogP contribution in [0.2, 0.25) is 0 Å². The molecule has 2 amide bonds. The quantitative estimate of drug-likeness (QED) is 0.191. The molecule has 0 aliphatic rings. The van der Waals surface area contributed by atoms with Crippen LogP contribution < -0.4 is 25.7 Å². The van der Waals surface area contributed by atoms with Crippen molar-refractivity contribution < 1.29 is 24.3 Å². The van der Waals surface area contributed by atoms with E-state index in [0.29, 0.717) is 35.4 Å². The number of carbonyl (C=O) groups is 2. The smallest absolute Gasteiger partial charge is 0.257 e. The first kappa shape index (κ1) is 26.2. The van der Waals surface area contributed by atoms with E-state index in [1.165, 1.54) is 7.11 Å². The van der Waals surface area contributed by atoms with Crippen LogP contribution in [0.4, 0.5) is 0 Å². The molecule has 10 heteroatoms. The number of halogens is 1. The minimum Gasteiger partial charge on any atom is -0.497 e. The van der Waals surface area contributed by atoms with E-state index in [1.54, 1.807) is 49.1 Å². The number of ether oxygens (including phenoxy) is 2. The Kier molecular flexibility index (Phi) is 9.27. The lowest BCUT2D eigenvalue weighted by atomic mass is 10.1. The molecule has 3 N–H and O–H groups in total. The van der Waals surface area contributed by atoms with E-state index in [9.17, 15) is 14.4 Å². The maximum Gasteiger partial charge on any atom is 0.257 e. The molecule has 0 radical (unpaired) electrons. The van der Waals surface area contributed by atoms with Gasteiger partial charge in [0.1, 0.15) is 17.1 Å². The molecule has 0 aliphatic heterocycles. The minimum atomic E-state index is -0.481. The monoisotopic (exact) mass is 545 g/mol. The number of methoxy groups -OCH3 is 2. The van der Waals surface area contributed by atoms with Gasteiger partial charge < -0.3 is 19.4 Å². The van der Waals surface area contributed by atoms with Crippen molar-refractivity contribution in [2.24, 2.45) is 0 Å². The minimum absolute atomic E-state index is 0.0481. The van der Waals surface area contributed by atoms with Gasteiger partial charge >= 0.3 is 0 Å². The van der Waals surface area contributed by atoms with Crippen LogP contribution in [-0.2, 0) is 17.9 Å². The van der Waals surface area contributed by atoms with Crippen LogP contribution >= 0.6 is 15.9 Å². The number of hydroxylamine groups is 1. The number of hydrogen-bond donors (Lipinski definition) is 3. The van der Waals surface area contributed by atoms with E-state index in [4.69, 9.17) is 14.7 Å². The van der Waals surface area contributed by atoms with Crippen LogP contribution in [0.15, 0.2) is 51.9 Å². The van der Waals surface area contributed by atoms with E-state index in [-0.39, 0.29) is 24.0 Å². The van der Waals surface area contributed by atoms with Gasteiger partial charge in [-0.1, -0.05) is 22.4 Å². The summed E-state index contributed by atoms with van der Waals surface area (Å²) < 4.78 is 13.3. The molecule has 0 fully saturated rings. The van der Waals surface area contributed by atoms with Crippen molar-refractivity contribution in [1.82, 2.24) is 15.4 Å². The molecule has 0 bridgehead atoms. The maximum atomic E-state index is 13.1. The summed E-state index contributed by atoms with van der Waals surface area (Å²) in [7, 11) is 3.10. The second-order valence-corrected chi connectivity index (χ2v) is 8.85. The van der Waals surface area contributed by atoms with Crippen LogP contribution in [0.1, 0.15) is 41.6 Å². The fraction of sp³-hybridized carbons (Fsp3) is 0.320. The third-order valence-corrected chi connectivity index (χ3v) is 6.14. The summed E-state index contributed by atoms with van der Waals surface area (Å²) in [5, 5.41) is 11.9. The number of rotatable bonds is 11. The summed E-state index contributed by atoms with van der Waals surface area (Å²) in [6, 6.07) is 10.6. The Morgan fingerprint density at radius 1 is 1.06 bits per heavy atom. The number of nitrogens with one attached hydrogen (secondary N) is 2. The number of fused-ring (bicyclic) bond motifs is 1. The summed E-state index contributed by atoms with van der Waals surface area (Å²) in [5.74, 6) is 0.305. The van der Waals surface area contributed by atoms with E-state index in [0.717, 1.165) is 22.9 Å². The molecule has 0 spiro atoms. The number of amides is 2. The average molecular weight is 546 g/mol. The highest BCUT2D eigenvalue weighted by atomic mass is 79.9. The van der Waals surface area contributed by atoms with Crippen molar-refractivity contribution in [2.75, 3.05) is 14.2 Å². The Hall–Kier alpha value is -3.37. The Labute approximate surface area is 211 Å². The summed E-state index contributed by atoms with van der Waals surface area (Å²) in [4.78, 5) is 37.4. The van der Waals surface area contributed by atoms with Gasteiger partial charge in [0, 0.05) is 47.2 Å². The van der Waals surface area contributed by atoms with Gasteiger partial charge in [0.2, 0.25) is 11.3 Å². The molecule has 1 aromatic heterocycles. The number of pyridine rings is 1. The van der Waals surface area contributed by atoms with E-state index in [2.05, 4.69) is 21.2 Å². The van der Waals surface area contributed by atoms with Gasteiger partial charge in [0.15, 0.2) is 0 Å². The highest BCUT2D eigenvalue weighted by Crippen LogP contribution is 2.24. The second kappa shape index (κ2) is 12.4. The maximum absolute atomic E-state index is 13.1. The predicted octanol–water partition coefficient (Wildman–Crippen LogP) is 3.78. The molecule has 1 heterocycles. The lowest BCUT2D eigenvalue weighted by Crippen LogP contribution is -2.29. The van der Waals surface area contributed by atoms with Crippen molar-refractivity contribution in [1.29, 1.82) is 0 Å². The van der Waals surface area contributed by atoms with Crippen LogP contribution in [-0.4, -0.2) is 35.8 Å². The first-order valence-corrected chi connectivity index (χ1v) is 11.9. The van der Waals surface area contributed by atoms with Gasteiger partial charge in [0.05, 0.1) is 19.7 Å². The van der Waals surface area contributed by atoms with Gasteiger partial charge in [-0.3, -0.25) is 19.6 Å². The molecule has 0 saturated carbocycles. The zero-order valence-electron chi connectivity index (χ0n) is 19.6. The summed E-state index contributed by atoms with van der Waals surface area (Å²) in [6.07, 6.45) is 3.90. The van der Waals surface area contributed by atoms with Crippen molar-refractivity contribution in [3.8, 4) is 11.5 Å². The SMILES string of the molecule is COc1ccc(CNC(=O)c2cn(CCCCCC(=O)NO)c3cc(Br)ccc3c2=O)c(OC)c1. The standard InChI is InChI=1S/C25H28BrN3O6/c1-34-18-9-7-16(22(13-18)35-2)14-27-25(32)20-15-29(11-5-3-4-6-23(30)28-33)21-12-17(26)8-10-19(21)24(20)31/h7-10,12-13,15,33H,3-6,11,14H2,1-2H3,(H,27,32)(H,28,30). The number of benzene rings is 2. The summed E-state index contributed by atoms with van der Waals surface area (Å²) in [5.41, 5.74) is 2.79. The Balaban J connectivity index is 1.81. The zero-order valence-corrected chi connectivity index (χ0v) is 21.2. The third kappa shape index (κ3) is 6.61. The largest absolute Gasteiger partial charge is 0.497 e. The molecule has 0 atom stereocenters. The fourth-order valence-electron chi connectivity index (χ4n) is 3.78. The molecule has 0 saturated heterocycles. The van der Waals surface area contributed by atoms with Crippen molar-refractivity contribution in [3.05, 3.63) is 68.4 Å². The molecular weight excluding hydrogens is 518 g/mol. The number of carbonyl (C=O) groups excluding carboxylic acids is 2. The topological polar surface area (TPSA) is 119 Å². The van der Waals surface area contributed by atoms with Crippen LogP contribution in [0.3, 0.4) is 0 Å². The molecule has 9 nitrogen and oxygen atoms in total. The second-order valence-electron chi connectivity index (χ2n) is 7.93.